The topological polar surface area (TPSA) is 83.8 Å². The summed E-state index contributed by atoms with van der Waals surface area (Å²) in [5.74, 6) is -0.240. The molecule has 2 amide bonds. The molecule has 0 saturated carbocycles. The van der Waals surface area contributed by atoms with Crippen LogP contribution in [-0.4, -0.2) is 48.6 Å². The van der Waals surface area contributed by atoms with Crippen LogP contribution < -0.4 is 10.6 Å². The standard InChI is InChI=1S/C19H22ClN3O4/c1-12-10-23(11-13(2)27-12)18(24)9-21-15-6-5-14(20)8-16(15)22-19(25)17-4-3-7-26-17/h3-8,12-13,21H,9-11H2,1-2H3,(H,22,25). The second-order valence-electron chi connectivity index (χ2n) is 6.53. The van der Waals surface area contributed by atoms with Gasteiger partial charge in [-0.2, -0.15) is 0 Å². The predicted molar refractivity (Wildman–Crippen MR) is 103 cm³/mol. The zero-order chi connectivity index (χ0) is 19.4. The number of ether oxygens (including phenoxy) is 1. The number of carbonyl (C=O) groups is 2. The molecule has 1 aromatic carbocycles. The number of benzene rings is 1. The number of furan rings is 1. The van der Waals surface area contributed by atoms with E-state index in [1.807, 2.05) is 13.8 Å². The van der Waals surface area contributed by atoms with E-state index in [1.165, 1.54) is 6.26 Å². The van der Waals surface area contributed by atoms with Gasteiger partial charge in [-0.3, -0.25) is 9.59 Å². The lowest BCUT2D eigenvalue weighted by Crippen LogP contribution is -2.49. The molecule has 0 radical (unpaired) electrons. The van der Waals surface area contributed by atoms with Gasteiger partial charge >= 0.3 is 0 Å². The van der Waals surface area contributed by atoms with Crippen molar-refractivity contribution in [2.75, 3.05) is 30.3 Å². The summed E-state index contributed by atoms with van der Waals surface area (Å²) in [4.78, 5) is 26.5. The summed E-state index contributed by atoms with van der Waals surface area (Å²) in [5.41, 5.74) is 1.07. The van der Waals surface area contributed by atoms with Gasteiger partial charge in [-0.05, 0) is 44.2 Å². The summed E-state index contributed by atoms with van der Waals surface area (Å²) in [6, 6.07) is 8.23. The SMILES string of the molecule is CC1CN(C(=O)CNc2ccc(Cl)cc2NC(=O)c2ccco2)CC(C)O1. The minimum atomic E-state index is -0.396. The number of rotatable bonds is 5. The van der Waals surface area contributed by atoms with E-state index in [1.54, 1.807) is 35.2 Å². The highest BCUT2D eigenvalue weighted by Gasteiger charge is 2.25. The first-order chi connectivity index (χ1) is 12.9. The van der Waals surface area contributed by atoms with E-state index in [0.29, 0.717) is 29.5 Å². The van der Waals surface area contributed by atoms with Gasteiger partial charge in [-0.25, -0.2) is 0 Å². The van der Waals surface area contributed by atoms with E-state index in [2.05, 4.69) is 10.6 Å². The van der Waals surface area contributed by atoms with E-state index in [9.17, 15) is 9.59 Å². The molecule has 0 bridgehead atoms. The van der Waals surface area contributed by atoms with E-state index >= 15 is 0 Å². The Hall–Kier alpha value is -2.51. The molecule has 1 fully saturated rings. The van der Waals surface area contributed by atoms with Crippen LogP contribution >= 0.6 is 11.6 Å². The van der Waals surface area contributed by atoms with Crippen molar-refractivity contribution in [1.29, 1.82) is 0 Å². The first-order valence-electron chi connectivity index (χ1n) is 8.74. The molecule has 1 aliphatic rings. The lowest BCUT2D eigenvalue weighted by atomic mass is 10.2. The van der Waals surface area contributed by atoms with Gasteiger partial charge in [0.25, 0.3) is 5.91 Å². The highest BCUT2D eigenvalue weighted by atomic mass is 35.5. The van der Waals surface area contributed by atoms with Crippen LogP contribution in [0, 0.1) is 0 Å². The van der Waals surface area contributed by atoms with E-state index in [-0.39, 0.29) is 30.4 Å². The molecule has 0 aliphatic carbocycles. The zero-order valence-corrected chi connectivity index (χ0v) is 16.0. The normalized spacial score (nSPS) is 19.6. The van der Waals surface area contributed by atoms with Gasteiger partial charge in [0.2, 0.25) is 5.91 Å². The smallest absolute Gasteiger partial charge is 0.291 e. The average Bonchev–Trinajstić information content (AvgIpc) is 3.14. The summed E-state index contributed by atoms with van der Waals surface area (Å²) in [6.45, 7) is 5.13. The van der Waals surface area contributed by atoms with E-state index in [4.69, 9.17) is 20.8 Å². The Morgan fingerprint density at radius 2 is 1.93 bits per heavy atom. The first kappa shape index (κ1) is 19.3. The van der Waals surface area contributed by atoms with Crippen molar-refractivity contribution < 1.29 is 18.7 Å². The van der Waals surface area contributed by atoms with Crippen molar-refractivity contribution in [2.24, 2.45) is 0 Å². The van der Waals surface area contributed by atoms with Crippen LogP contribution in [0.3, 0.4) is 0 Å². The molecular formula is C19H22ClN3O4. The molecule has 0 spiro atoms. The lowest BCUT2D eigenvalue weighted by Gasteiger charge is -2.35. The molecule has 3 rings (SSSR count). The van der Waals surface area contributed by atoms with Gasteiger partial charge in [0, 0.05) is 18.1 Å². The highest BCUT2D eigenvalue weighted by molar-refractivity contribution is 6.31. The number of halogens is 1. The number of nitrogens with zero attached hydrogens (tertiary/aromatic N) is 1. The number of hydrogen-bond donors (Lipinski definition) is 2. The molecule has 2 aromatic rings. The van der Waals surface area contributed by atoms with Crippen LogP contribution in [0.2, 0.25) is 5.02 Å². The van der Waals surface area contributed by atoms with Gasteiger partial charge in [0.1, 0.15) is 0 Å². The maximum atomic E-state index is 12.5. The number of anilines is 2. The zero-order valence-electron chi connectivity index (χ0n) is 15.2. The van der Waals surface area contributed by atoms with Gasteiger partial charge in [0.15, 0.2) is 5.76 Å². The molecule has 7 nitrogen and oxygen atoms in total. The molecule has 1 saturated heterocycles. The molecule has 1 aliphatic heterocycles. The molecule has 1 aromatic heterocycles. The van der Waals surface area contributed by atoms with Crippen molar-refractivity contribution in [3.8, 4) is 0 Å². The Kier molecular flexibility index (Phi) is 6.03. The van der Waals surface area contributed by atoms with Crippen LogP contribution in [-0.2, 0) is 9.53 Å². The quantitative estimate of drug-likeness (QED) is 0.817. The summed E-state index contributed by atoms with van der Waals surface area (Å²) in [7, 11) is 0. The van der Waals surface area contributed by atoms with Crippen LogP contribution in [0.5, 0.6) is 0 Å². The maximum Gasteiger partial charge on any atom is 0.291 e. The van der Waals surface area contributed by atoms with Crippen molar-refractivity contribution in [2.45, 2.75) is 26.1 Å². The third kappa shape index (κ3) is 5.02. The lowest BCUT2D eigenvalue weighted by molar-refractivity contribution is -0.141. The Morgan fingerprint density at radius 3 is 2.59 bits per heavy atom. The number of nitrogens with one attached hydrogen (secondary N) is 2. The Bertz CT molecular complexity index is 799. The monoisotopic (exact) mass is 391 g/mol. The van der Waals surface area contributed by atoms with Crippen molar-refractivity contribution in [1.82, 2.24) is 4.90 Å². The van der Waals surface area contributed by atoms with E-state index in [0.717, 1.165) is 0 Å². The van der Waals surface area contributed by atoms with Crippen molar-refractivity contribution in [3.63, 3.8) is 0 Å². The molecule has 2 heterocycles. The molecular weight excluding hydrogens is 370 g/mol. The molecule has 2 N–H and O–H groups in total. The Balaban J connectivity index is 1.66. The van der Waals surface area contributed by atoms with Crippen LogP contribution in [0.15, 0.2) is 41.0 Å². The van der Waals surface area contributed by atoms with Crippen molar-refractivity contribution in [3.05, 3.63) is 47.4 Å². The molecule has 8 heteroatoms. The fourth-order valence-electron chi connectivity index (χ4n) is 3.03. The molecule has 2 unspecified atom stereocenters. The second-order valence-corrected chi connectivity index (χ2v) is 6.97. The highest BCUT2D eigenvalue weighted by Crippen LogP contribution is 2.26. The Labute approximate surface area is 162 Å². The fraction of sp³-hybridized carbons (Fsp3) is 0.368. The summed E-state index contributed by atoms with van der Waals surface area (Å²) < 4.78 is 10.8. The number of carbonyl (C=O) groups excluding carboxylic acids is 2. The van der Waals surface area contributed by atoms with Crippen LogP contribution in [0.1, 0.15) is 24.4 Å². The van der Waals surface area contributed by atoms with Gasteiger partial charge < -0.3 is 24.7 Å². The third-order valence-electron chi connectivity index (χ3n) is 4.18. The maximum absolute atomic E-state index is 12.5. The van der Waals surface area contributed by atoms with Gasteiger partial charge in [-0.1, -0.05) is 11.6 Å². The molecule has 27 heavy (non-hydrogen) atoms. The fourth-order valence-corrected chi connectivity index (χ4v) is 3.20. The average molecular weight is 392 g/mol. The van der Waals surface area contributed by atoms with E-state index < -0.39 is 5.91 Å². The first-order valence-corrected chi connectivity index (χ1v) is 9.11. The van der Waals surface area contributed by atoms with Crippen LogP contribution in [0.25, 0.3) is 0 Å². The minimum Gasteiger partial charge on any atom is -0.459 e. The summed E-state index contributed by atoms with van der Waals surface area (Å²) >= 11 is 6.05. The van der Waals surface area contributed by atoms with Crippen LogP contribution in [0.4, 0.5) is 11.4 Å². The second kappa shape index (κ2) is 8.45. The van der Waals surface area contributed by atoms with Gasteiger partial charge in [0.05, 0.1) is 36.4 Å². The third-order valence-corrected chi connectivity index (χ3v) is 4.41. The largest absolute Gasteiger partial charge is 0.459 e. The number of morpholine rings is 1. The number of hydrogen-bond acceptors (Lipinski definition) is 5. The number of amides is 2. The Morgan fingerprint density at radius 1 is 1.19 bits per heavy atom. The van der Waals surface area contributed by atoms with Gasteiger partial charge in [-0.15, -0.1) is 0 Å². The summed E-state index contributed by atoms with van der Waals surface area (Å²) in [5, 5.41) is 6.30. The minimum absolute atomic E-state index is 0.0105. The predicted octanol–water partition coefficient (Wildman–Crippen LogP) is 3.23. The summed E-state index contributed by atoms with van der Waals surface area (Å²) in [6.07, 6.45) is 1.45. The van der Waals surface area contributed by atoms with Crippen molar-refractivity contribution >= 4 is 34.8 Å². The molecule has 2 atom stereocenters. The molecule has 144 valence electrons.